The highest BCUT2D eigenvalue weighted by Gasteiger charge is 2.18. The van der Waals surface area contributed by atoms with Crippen LogP contribution in [-0.4, -0.2) is 15.6 Å². The molecule has 106 valence electrons. The second kappa shape index (κ2) is 5.99. The average Bonchev–Trinajstić information content (AvgIpc) is 2.69. The van der Waals surface area contributed by atoms with E-state index in [9.17, 15) is 9.59 Å². The Morgan fingerprint density at radius 1 is 1.35 bits per heavy atom. The van der Waals surface area contributed by atoms with Crippen LogP contribution >= 0.6 is 34.5 Å². The molecule has 2 aromatic rings. The van der Waals surface area contributed by atoms with Crippen LogP contribution in [0.25, 0.3) is 11.3 Å². The van der Waals surface area contributed by atoms with E-state index in [-0.39, 0.29) is 11.4 Å². The van der Waals surface area contributed by atoms with Crippen molar-refractivity contribution in [3.05, 3.63) is 42.8 Å². The van der Waals surface area contributed by atoms with Crippen LogP contribution in [0.5, 0.6) is 0 Å². The predicted molar refractivity (Wildman–Crippen MR) is 81.0 cm³/mol. The lowest BCUT2D eigenvalue weighted by Crippen LogP contribution is -2.19. The van der Waals surface area contributed by atoms with Gasteiger partial charge >= 0.3 is 10.8 Å². The summed E-state index contributed by atoms with van der Waals surface area (Å²) in [6.07, 6.45) is 0.641. The van der Waals surface area contributed by atoms with E-state index in [1.807, 2.05) is 6.92 Å². The van der Waals surface area contributed by atoms with Crippen LogP contribution in [0, 0.1) is 0 Å². The fraction of sp³-hybridized carbons (Fsp3) is 0.231. The predicted octanol–water partition coefficient (Wildman–Crippen LogP) is 3.53. The van der Waals surface area contributed by atoms with Crippen LogP contribution in [0.1, 0.15) is 11.8 Å². The summed E-state index contributed by atoms with van der Waals surface area (Å²) in [5.74, 6) is -1.06. The Kier molecular flexibility index (Phi) is 4.52. The Balaban J connectivity index is 2.67. The minimum atomic E-state index is -1.06. The van der Waals surface area contributed by atoms with Crippen molar-refractivity contribution in [2.75, 3.05) is 0 Å². The molecule has 0 spiro atoms. The van der Waals surface area contributed by atoms with Crippen molar-refractivity contribution in [3.8, 4) is 11.3 Å². The molecule has 0 aliphatic carbocycles. The van der Waals surface area contributed by atoms with Crippen molar-refractivity contribution >= 4 is 40.5 Å². The van der Waals surface area contributed by atoms with Crippen molar-refractivity contribution in [3.63, 3.8) is 0 Å². The van der Waals surface area contributed by atoms with E-state index < -0.39 is 5.97 Å². The molecule has 1 aromatic heterocycles. The number of halogens is 2. The van der Waals surface area contributed by atoms with Gasteiger partial charge in [-0.3, -0.25) is 14.2 Å². The van der Waals surface area contributed by atoms with Gasteiger partial charge in [-0.25, -0.2) is 0 Å². The zero-order valence-corrected chi connectivity index (χ0v) is 12.8. The Bertz CT molecular complexity index is 721. The van der Waals surface area contributed by atoms with Crippen LogP contribution in [0.2, 0.25) is 10.0 Å². The van der Waals surface area contributed by atoms with Gasteiger partial charge in [-0.1, -0.05) is 47.5 Å². The standard InChI is InChI=1S/C13H11Cl2NO3S/c1-2-10-12(7-3-4-8(14)9(15)5-7)16(6-11(17)18)13(19)20-10/h3-5H,2,6H2,1H3,(H,17,18). The normalized spacial score (nSPS) is 10.8. The molecule has 0 aliphatic heterocycles. The van der Waals surface area contributed by atoms with Crippen LogP contribution < -0.4 is 4.87 Å². The molecule has 1 aromatic carbocycles. The maximum absolute atomic E-state index is 11.9. The van der Waals surface area contributed by atoms with Gasteiger partial charge in [-0.15, -0.1) is 0 Å². The van der Waals surface area contributed by atoms with Crippen LogP contribution in [0.15, 0.2) is 23.0 Å². The smallest absolute Gasteiger partial charge is 0.323 e. The number of aliphatic carboxylic acids is 1. The van der Waals surface area contributed by atoms with Gasteiger partial charge in [0.2, 0.25) is 0 Å². The van der Waals surface area contributed by atoms with Gasteiger partial charge < -0.3 is 5.11 Å². The largest absolute Gasteiger partial charge is 0.480 e. The molecule has 0 amide bonds. The Morgan fingerprint density at radius 2 is 2.05 bits per heavy atom. The molecule has 0 saturated heterocycles. The molecule has 0 radical (unpaired) electrons. The highest BCUT2D eigenvalue weighted by molar-refractivity contribution is 7.09. The summed E-state index contributed by atoms with van der Waals surface area (Å²) in [6.45, 7) is 1.54. The molecule has 1 heterocycles. The average molecular weight is 332 g/mol. The summed E-state index contributed by atoms with van der Waals surface area (Å²) in [6, 6.07) is 5.00. The van der Waals surface area contributed by atoms with E-state index in [1.165, 1.54) is 4.57 Å². The number of hydrogen-bond acceptors (Lipinski definition) is 3. The number of carbonyl (C=O) groups is 1. The molecule has 2 rings (SSSR count). The van der Waals surface area contributed by atoms with Gasteiger partial charge in [-0.05, 0) is 18.6 Å². The molecule has 0 aliphatic rings. The number of aryl methyl sites for hydroxylation is 1. The van der Waals surface area contributed by atoms with Gasteiger partial charge in [0.15, 0.2) is 0 Å². The van der Waals surface area contributed by atoms with Gasteiger partial charge in [-0.2, -0.15) is 0 Å². The fourth-order valence-corrected chi connectivity index (χ4v) is 3.17. The molecule has 4 nitrogen and oxygen atoms in total. The van der Waals surface area contributed by atoms with Crippen LogP contribution in [-0.2, 0) is 17.8 Å². The van der Waals surface area contributed by atoms with Gasteiger partial charge in [0.25, 0.3) is 0 Å². The van der Waals surface area contributed by atoms with Crippen LogP contribution in [0.3, 0.4) is 0 Å². The summed E-state index contributed by atoms with van der Waals surface area (Å²) in [5, 5.41) is 9.72. The number of hydrogen-bond donors (Lipinski definition) is 1. The quantitative estimate of drug-likeness (QED) is 0.932. The highest BCUT2D eigenvalue weighted by atomic mass is 35.5. The SMILES string of the molecule is CCc1sc(=O)n(CC(=O)O)c1-c1ccc(Cl)c(Cl)c1. The first-order chi connectivity index (χ1) is 9.43. The van der Waals surface area contributed by atoms with Crippen molar-refractivity contribution in [2.24, 2.45) is 0 Å². The van der Waals surface area contributed by atoms with Crippen molar-refractivity contribution in [1.82, 2.24) is 4.57 Å². The molecule has 0 bridgehead atoms. The lowest BCUT2D eigenvalue weighted by molar-refractivity contribution is -0.137. The topological polar surface area (TPSA) is 59.3 Å². The van der Waals surface area contributed by atoms with E-state index >= 15 is 0 Å². The summed E-state index contributed by atoms with van der Waals surface area (Å²) in [7, 11) is 0. The monoisotopic (exact) mass is 331 g/mol. The first kappa shape index (κ1) is 15.1. The van der Waals surface area contributed by atoms with Gasteiger partial charge in [0.05, 0.1) is 15.7 Å². The minimum absolute atomic E-state index is 0.287. The maximum Gasteiger partial charge on any atom is 0.323 e. The third kappa shape index (κ3) is 2.90. The van der Waals surface area contributed by atoms with E-state index in [4.69, 9.17) is 28.3 Å². The molecular formula is C13H11Cl2NO3S. The summed E-state index contributed by atoms with van der Waals surface area (Å²) < 4.78 is 1.26. The lowest BCUT2D eigenvalue weighted by atomic mass is 10.1. The lowest BCUT2D eigenvalue weighted by Gasteiger charge is -2.08. The first-order valence-corrected chi connectivity index (χ1v) is 7.41. The number of thiazole rings is 1. The molecule has 7 heteroatoms. The van der Waals surface area contributed by atoms with E-state index in [2.05, 4.69) is 0 Å². The van der Waals surface area contributed by atoms with Crippen molar-refractivity contribution in [1.29, 1.82) is 0 Å². The second-order valence-corrected chi connectivity index (χ2v) is 5.96. The number of aromatic nitrogens is 1. The number of benzene rings is 1. The molecule has 0 atom stereocenters. The van der Waals surface area contributed by atoms with Crippen LogP contribution in [0.4, 0.5) is 0 Å². The first-order valence-electron chi connectivity index (χ1n) is 5.83. The Morgan fingerprint density at radius 3 is 2.60 bits per heavy atom. The molecule has 0 unspecified atom stereocenters. The zero-order valence-electron chi connectivity index (χ0n) is 10.5. The Labute approximate surface area is 129 Å². The fourth-order valence-electron chi connectivity index (χ4n) is 1.93. The molecule has 1 N–H and O–H groups in total. The second-order valence-electron chi connectivity index (χ2n) is 4.10. The van der Waals surface area contributed by atoms with Crippen molar-refractivity contribution < 1.29 is 9.90 Å². The summed E-state index contributed by atoms with van der Waals surface area (Å²) >= 11 is 12.9. The molecule has 0 saturated carbocycles. The third-order valence-corrected chi connectivity index (χ3v) is 4.63. The van der Waals surface area contributed by atoms with Crippen molar-refractivity contribution in [2.45, 2.75) is 19.9 Å². The van der Waals surface area contributed by atoms with E-state index in [0.29, 0.717) is 27.7 Å². The number of carboxylic acids is 1. The number of rotatable bonds is 4. The number of carboxylic acid groups (broad SMARTS) is 1. The molecular weight excluding hydrogens is 321 g/mol. The molecule has 0 fully saturated rings. The summed E-state index contributed by atoms with van der Waals surface area (Å²) in [5.41, 5.74) is 1.29. The van der Waals surface area contributed by atoms with E-state index in [0.717, 1.165) is 16.2 Å². The minimum Gasteiger partial charge on any atom is -0.480 e. The molecule has 20 heavy (non-hydrogen) atoms. The zero-order chi connectivity index (χ0) is 14.9. The van der Waals surface area contributed by atoms with Gasteiger partial charge in [0.1, 0.15) is 6.54 Å². The Hall–Kier alpha value is -1.30. The van der Waals surface area contributed by atoms with Gasteiger partial charge in [0, 0.05) is 10.4 Å². The van der Waals surface area contributed by atoms with E-state index in [1.54, 1.807) is 18.2 Å². The third-order valence-electron chi connectivity index (χ3n) is 2.77. The number of nitrogens with zero attached hydrogens (tertiary/aromatic N) is 1. The highest BCUT2D eigenvalue weighted by Crippen LogP contribution is 2.31. The maximum atomic E-state index is 11.9. The summed E-state index contributed by atoms with van der Waals surface area (Å²) in [4.78, 5) is 23.4.